The molecule has 0 aliphatic rings. The van der Waals surface area contributed by atoms with E-state index < -0.39 is 9.84 Å². The molecule has 0 radical (unpaired) electrons. The third-order valence-electron chi connectivity index (χ3n) is 3.95. The molecule has 0 bridgehead atoms. The molecule has 1 heterocycles. The smallest absolute Gasteiger partial charge is 0.227 e. The predicted octanol–water partition coefficient (Wildman–Crippen LogP) is 2.31. The molecule has 0 aliphatic heterocycles. The number of hydrogen-bond acceptors (Lipinski definition) is 4. The summed E-state index contributed by atoms with van der Waals surface area (Å²) in [6.45, 7) is 6.61. The molecule has 0 atom stereocenters. The molecule has 1 aromatic heterocycles. The van der Waals surface area contributed by atoms with Crippen LogP contribution in [0.5, 0.6) is 0 Å². The Bertz CT molecular complexity index is 864. The fourth-order valence-corrected chi connectivity index (χ4v) is 3.42. The van der Waals surface area contributed by atoms with Crippen LogP contribution in [0, 0.1) is 0 Å². The van der Waals surface area contributed by atoms with E-state index in [1.165, 1.54) is 6.07 Å². The van der Waals surface area contributed by atoms with Gasteiger partial charge in [-0.2, -0.15) is 5.10 Å². The number of H-pyrrole nitrogens is 1. The summed E-state index contributed by atoms with van der Waals surface area (Å²) in [6, 6.07) is 8.56. The molecule has 6 nitrogen and oxygen atoms in total. The molecular weight excluding hydrogens is 338 g/mol. The maximum atomic E-state index is 12.5. The van der Waals surface area contributed by atoms with Gasteiger partial charge in [-0.25, -0.2) is 8.42 Å². The molecular formula is C18H25N3O3S. The van der Waals surface area contributed by atoms with Crippen LogP contribution in [0.25, 0.3) is 0 Å². The average molecular weight is 363 g/mol. The lowest BCUT2D eigenvalue weighted by Gasteiger charge is -2.17. The van der Waals surface area contributed by atoms with Gasteiger partial charge >= 0.3 is 0 Å². The van der Waals surface area contributed by atoms with E-state index in [0.29, 0.717) is 12.1 Å². The third kappa shape index (κ3) is 4.92. The van der Waals surface area contributed by atoms with Gasteiger partial charge in [0.15, 0.2) is 9.84 Å². The van der Waals surface area contributed by atoms with E-state index in [4.69, 9.17) is 0 Å². The zero-order valence-electron chi connectivity index (χ0n) is 15.3. The Balaban J connectivity index is 2.10. The minimum absolute atomic E-state index is 0.0417. The molecule has 0 unspecified atom stereocenters. The molecule has 0 spiro atoms. The highest BCUT2D eigenvalue weighted by Gasteiger charge is 2.20. The van der Waals surface area contributed by atoms with Gasteiger partial charge in [0.25, 0.3) is 0 Å². The Morgan fingerprint density at radius 3 is 2.44 bits per heavy atom. The topological polar surface area (TPSA) is 83.1 Å². The minimum Gasteiger partial charge on any atom is -0.340 e. The number of carbonyl (C=O) groups is 1. The maximum absolute atomic E-state index is 12.5. The second-order valence-corrected chi connectivity index (χ2v) is 9.32. The number of nitrogens with zero attached hydrogens (tertiary/aromatic N) is 2. The zero-order valence-corrected chi connectivity index (χ0v) is 16.1. The van der Waals surface area contributed by atoms with Crippen molar-refractivity contribution in [3.63, 3.8) is 0 Å². The van der Waals surface area contributed by atoms with Gasteiger partial charge in [0.05, 0.1) is 29.2 Å². The first kappa shape index (κ1) is 19.2. The van der Waals surface area contributed by atoms with Crippen molar-refractivity contribution in [2.24, 2.45) is 0 Å². The molecule has 0 fully saturated rings. The van der Waals surface area contributed by atoms with Gasteiger partial charge in [0.1, 0.15) is 0 Å². The number of hydrogen-bond donors (Lipinski definition) is 1. The van der Waals surface area contributed by atoms with Crippen molar-refractivity contribution in [1.82, 2.24) is 15.1 Å². The molecule has 25 heavy (non-hydrogen) atoms. The molecule has 1 aromatic carbocycles. The first-order valence-electron chi connectivity index (χ1n) is 8.05. The van der Waals surface area contributed by atoms with E-state index in [9.17, 15) is 13.2 Å². The van der Waals surface area contributed by atoms with E-state index in [0.717, 1.165) is 17.6 Å². The average Bonchev–Trinajstić information content (AvgIpc) is 2.95. The summed E-state index contributed by atoms with van der Waals surface area (Å²) in [5, 5.41) is 7.25. The minimum atomic E-state index is -3.36. The summed E-state index contributed by atoms with van der Waals surface area (Å²) in [7, 11) is -1.67. The van der Waals surface area contributed by atoms with Crippen LogP contribution in [0.15, 0.2) is 35.2 Å². The summed E-state index contributed by atoms with van der Waals surface area (Å²) < 4.78 is 23.7. The van der Waals surface area contributed by atoms with Gasteiger partial charge in [-0.3, -0.25) is 9.89 Å². The van der Waals surface area contributed by atoms with Crippen LogP contribution < -0.4 is 0 Å². The number of aromatic amines is 1. The molecule has 2 aromatic rings. The number of sulfone groups is 1. The van der Waals surface area contributed by atoms with E-state index in [1.54, 1.807) is 30.1 Å². The number of aromatic nitrogens is 2. The Morgan fingerprint density at radius 1 is 1.24 bits per heavy atom. The summed E-state index contributed by atoms with van der Waals surface area (Å²) in [4.78, 5) is 14.3. The third-order valence-corrected chi connectivity index (χ3v) is 5.14. The number of nitrogens with one attached hydrogen (secondary N) is 1. The number of benzene rings is 1. The number of carbonyl (C=O) groups excluding carboxylic acids is 1. The van der Waals surface area contributed by atoms with Crippen LogP contribution in [0.4, 0.5) is 0 Å². The monoisotopic (exact) mass is 363 g/mol. The first-order valence-corrected chi connectivity index (χ1v) is 9.94. The van der Waals surface area contributed by atoms with E-state index >= 15 is 0 Å². The van der Waals surface area contributed by atoms with Crippen LogP contribution in [-0.4, -0.2) is 42.7 Å². The quantitative estimate of drug-likeness (QED) is 0.884. The number of amides is 1. The van der Waals surface area contributed by atoms with E-state index in [-0.39, 0.29) is 22.6 Å². The van der Waals surface area contributed by atoms with Crippen LogP contribution in [0.3, 0.4) is 0 Å². The van der Waals surface area contributed by atoms with Crippen LogP contribution in [0.1, 0.15) is 37.7 Å². The molecule has 0 aliphatic carbocycles. The van der Waals surface area contributed by atoms with Gasteiger partial charge < -0.3 is 4.90 Å². The van der Waals surface area contributed by atoms with Crippen molar-refractivity contribution in [2.45, 2.75) is 44.0 Å². The van der Waals surface area contributed by atoms with Gasteiger partial charge in [-0.15, -0.1) is 0 Å². The van der Waals surface area contributed by atoms with Crippen molar-refractivity contribution >= 4 is 15.7 Å². The molecule has 0 saturated heterocycles. The van der Waals surface area contributed by atoms with Crippen molar-refractivity contribution in [1.29, 1.82) is 0 Å². The Hall–Kier alpha value is -2.15. The molecule has 1 N–H and O–H groups in total. The molecule has 1 amide bonds. The Kier molecular flexibility index (Phi) is 5.37. The molecule has 7 heteroatoms. The van der Waals surface area contributed by atoms with Crippen LogP contribution in [-0.2, 0) is 33.0 Å². The normalized spacial score (nSPS) is 12.2. The highest BCUT2D eigenvalue weighted by Crippen LogP contribution is 2.21. The fraction of sp³-hybridized carbons (Fsp3) is 0.444. The maximum Gasteiger partial charge on any atom is 0.227 e. The largest absolute Gasteiger partial charge is 0.340 e. The van der Waals surface area contributed by atoms with Crippen molar-refractivity contribution < 1.29 is 13.2 Å². The highest BCUT2D eigenvalue weighted by atomic mass is 32.2. The van der Waals surface area contributed by atoms with Gasteiger partial charge in [-0.05, 0) is 17.7 Å². The predicted molar refractivity (Wildman–Crippen MR) is 97.0 cm³/mol. The fourth-order valence-electron chi connectivity index (χ4n) is 2.48. The van der Waals surface area contributed by atoms with Crippen LogP contribution in [0.2, 0.25) is 0 Å². The van der Waals surface area contributed by atoms with Crippen molar-refractivity contribution in [2.75, 3.05) is 13.3 Å². The van der Waals surface area contributed by atoms with Gasteiger partial charge in [0, 0.05) is 18.7 Å². The Labute approximate surface area is 149 Å². The summed E-state index contributed by atoms with van der Waals surface area (Å²) in [5.74, 6) is -0.150. The van der Waals surface area contributed by atoms with Gasteiger partial charge in [-0.1, -0.05) is 39.0 Å². The summed E-state index contributed by atoms with van der Waals surface area (Å²) in [5.41, 5.74) is 2.23. The second kappa shape index (κ2) is 7.00. The lowest BCUT2D eigenvalue weighted by Crippen LogP contribution is -2.28. The second-order valence-electron chi connectivity index (χ2n) is 7.33. The van der Waals surface area contributed by atoms with Gasteiger partial charge in [0.2, 0.25) is 5.91 Å². The zero-order chi connectivity index (χ0) is 18.8. The Morgan fingerprint density at radius 2 is 1.88 bits per heavy atom. The molecule has 0 saturated carbocycles. The summed E-state index contributed by atoms with van der Waals surface area (Å²) in [6.07, 6.45) is 1.19. The van der Waals surface area contributed by atoms with E-state index in [1.807, 2.05) is 6.07 Å². The standard InChI is InChI=1S/C18H25N3O3S/c1-18(2,3)16-11-14(19-20-16)12-21(4)17(22)10-13-8-6-7-9-15(13)25(5,23)24/h6-9,11H,10,12H2,1-5H3,(H,19,20). The molecule has 136 valence electrons. The number of rotatable bonds is 5. The summed E-state index contributed by atoms with van der Waals surface area (Å²) >= 11 is 0. The van der Waals surface area contributed by atoms with E-state index in [2.05, 4.69) is 31.0 Å². The SMILES string of the molecule is CN(Cc1cc(C(C)(C)C)n[nH]1)C(=O)Cc1ccccc1S(C)(=O)=O. The lowest BCUT2D eigenvalue weighted by molar-refractivity contribution is -0.129. The lowest BCUT2D eigenvalue weighted by atomic mass is 9.92. The highest BCUT2D eigenvalue weighted by molar-refractivity contribution is 7.90. The first-order chi connectivity index (χ1) is 11.5. The van der Waals surface area contributed by atoms with Crippen LogP contribution >= 0.6 is 0 Å². The van der Waals surface area contributed by atoms with Crippen molar-refractivity contribution in [3.8, 4) is 0 Å². The number of likely N-dealkylation sites (N-methyl/N-ethyl adjacent to an activating group) is 1. The molecule has 2 rings (SSSR count). The van der Waals surface area contributed by atoms with Crippen molar-refractivity contribution in [3.05, 3.63) is 47.3 Å².